The minimum Gasteiger partial charge on any atom is -0.376 e. The lowest BCUT2D eigenvalue weighted by Gasteiger charge is -2.12. The number of hydrogen-bond donors (Lipinski definition) is 1. The summed E-state index contributed by atoms with van der Waals surface area (Å²) in [7, 11) is 0. The first-order chi connectivity index (χ1) is 10.4. The van der Waals surface area contributed by atoms with Gasteiger partial charge < -0.3 is 10.1 Å². The van der Waals surface area contributed by atoms with Crippen molar-refractivity contribution in [3.63, 3.8) is 0 Å². The lowest BCUT2D eigenvalue weighted by Crippen LogP contribution is -2.19. The van der Waals surface area contributed by atoms with Gasteiger partial charge in [-0.25, -0.2) is 4.98 Å². The molecule has 1 aliphatic heterocycles. The first-order valence-corrected chi connectivity index (χ1v) is 7.18. The molecule has 2 aromatic rings. The van der Waals surface area contributed by atoms with Gasteiger partial charge in [0.05, 0.1) is 11.7 Å². The molecule has 1 aromatic carbocycles. The second-order valence-electron chi connectivity index (χ2n) is 5.11. The standard InChI is InChI=1S/C17H17N3O/c18-10-14-9-15(13-5-2-1-3-6-13)11-19-17(14)20-12-16-7-4-8-21-16/h1-3,5-6,9,11,16H,4,7-8,12H2,(H,19,20). The molecule has 4 heteroatoms. The molecule has 1 N–H and O–H groups in total. The quantitative estimate of drug-likeness (QED) is 0.933. The first kappa shape index (κ1) is 13.6. The highest BCUT2D eigenvalue weighted by molar-refractivity contribution is 5.67. The number of nitriles is 1. The minimum absolute atomic E-state index is 0.229. The molecule has 3 rings (SSSR count). The molecule has 0 bridgehead atoms. The Kier molecular flexibility index (Phi) is 4.13. The van der Waals surface area contributed by atoms with Crippen molar-refractivity contribution in [1.29, 1.82) is 5.26 Å². The molecular weight excluding hydrogens is 262 g/mol. The van der Waals surface area contributed by atoms with E-state index in [0.29, 0.717) is 17.9 Å². The third kappa shape index (κ3) is 3.21. The van der Waals surface area contributed by atoms with Crippen LogP contribution in [0.15, 0.2) is 42.6 Å². The Hall–Kier alpha value is -2.38. The van der Waals surface area contributed by atoms with Crippen molar-refractivity contribution in [2.24, 2.45) is 0 Å². The number of aromatic nitrogens is 1. The maximum atomic E-state index is 9.32. The molecule has 0 aliphatic carbocycles. The molecule has 0 amide bonds. The molecule has 21 heavy (non-hydrogen) atoms. The van der Waals surface area contributed by atoms with Crippen molar-refractivity contribution in [3.8, 4) is 17.2 Å². The Morgan fingerprint density at radius 2 is 2.14 bits per heavy atom. The van der Waals surface area contributed by atoms with Crippen molar-refractivity contribution in [2.75, 3.05) is 18.5 Å². The first-order valence-electron chi connectivity index (χ1n) is 7.18. The van der Waals surface area contributed by atoms with Gasteiger partial charge in [0.25, 0.3) is 0 Å². The van der Waals surface area contributed by atoms with Crippen LogP contribution in [0.1, 0.15) is 18.4 Å². The lowest BCUT2D eigenvalue weighted by molar-refractivity contribution is 0.120. The van der Waals surface area contributed by atoms with Crippen LogP contribution >= 0.6 is 0 Å². The number of rotatable bonds is 4. The Morgan fingerprint density at radius 1 is 1.29 bits per heavy atom. The number of benzene rings is 1. The van der Waals surface area contributed by atoms with E-state index in [9.17, 15) is 5.26 Å². The number of hydrogen-bond acceptors (Lipinski definition) is 4. The highest BCUT2D eigenvalue weighted by Gasteiger charge is 2.16. The highest BCUT2D eigenvalue weighted by atomic mass is 16.5. The third-order valence-electron chi connectivity index (χ3n) is 3.64. The average molecular weight is 279 g/mol. The molecule has 0 saturated carbocycles. The molecule has 1 saturated heterocycles. The average Bonchev–Trinajstić information content (AvgIpc) is 3.07. The molecule has 1 unspecified atom stereocenters. The van der Waals surface area contributed by atoms with Gasteiger partial charge in [-0.2, -0.15) is 5.26 Å². The number of anilines is 1. The fourth-order valence-electron chi connectivity index (χ4n) is 2.50. The van der Waals surface area contributed by atoms with Crippen molar-refractivity contribution in [2.45, 2.75) is 18.9 Å². The fourth-order valence-corrected chi connectivity index (χ4v) is 2.50. The van der Waals surface area contributed by atoms with Crippen molar-refractivity contribution < 1.29 is 4.74 Å². The summed E-state index contributed by atoms with van der Waals surface area (Å²) in [5.74, 6) is 0.632. The van der Waals surface area contributed by atoms with E-state index in [1.54, 1.807) is 6.20 Å². The molecule has 2 heterocycles. The minimum atomic E-state index is 0.229. The second-order valence-corrected chi connectivity index (χ2v) is 5.11. The number of nitrogens with one attached hydrogen (secondary N) is 1. The molecule has 106 valence electrons. The number of nitrogens with zero attached hydrogens (tertiary/aromatic N) is 2. The topological polar surface area (TPSA) is 57.9 Å². The summed E-state index contributed by atoms with van der Waals surface area (Å²) in [5.41, 5.74) is 2.58. The second kappa shape index (κ2) is 6.38. The van der Waals surface area contributed by atoms with Gasteiger partial charge in [-0.05, 0) is 24.5 Å². The normalized spacial score (nSPS) is 17.4. The largest absolute Gasteiger partial charge is 0.376 e. The summed E-state index contributed by atoms with van der Waals surface area (Å²) >= 11 is 0. The van der Waals surface area contributed by atoms with E-state index < -0.39 is 0 Å². The van der Waals surface area contributed by atoms with Crippen LogP contribution in [-0.4, -0.2) is 24.2 Å². The summed E-state index contributed by atoms with van der Waals surface area (Å²) in [6.45, 7) is 1.53. The van der Waals surface area contributed by atoms with Crippen LogP contribution in [0.5, 0.6) is 0 Å². The number of ether oxygens (including phenoxy) is 1. The van der Waals surface area contributed by atoms with Crippen molar-refractivity contribution >= 4 is 5.82 Å². The van der Waals surface area contributed by atoms with E-state index in [1.807, 2.05) is 36.4 Å². The zero-order valence-electron chi connectivity index (χ0n) is 11.7. The molecule has 1 aliphatic rings. The summed E-state index contributed by atoms with van der Waals surface area (Å²) in [5, 5.41) is 12.5. The van der Waals surface area contributed by atoms with E-state index in [2.05, 4.69) is 16.4 Å². The summed E-state index contributed by atoms with van der Waals surface area (Å²) in [4.78, 5) is 4.40. The third-order valence-corrected chi connectivity index (χ3v) is 3.64. The van der Waals surface area contributed by atoms with Crippen LogP contribution in [0.3, 0.4) is 0 Å². The fraction of sp³-hybridized carbons (Fsp3) is 0.294. The van der Waals surface area contributed by atoms with Crippen LogP contribution in [0.4, 0.5) is 5.82 Å². The monoisotopic (exact) mass is 279 g/mol. The Balaban J connectivity index is 1.77. The lowest BCUT2D eigenvalue weighted by atomic mass is 10.1. The molecule has 0 radical (unpaired) electrons. The zero-order chi connectivity index (χ0) is 14.5. The van der Waals surface area contributed by atoms with Gasteiger partial charge >= 0.3 is 0 Å². The van der Waals surface area contributed by atoms with E-state index in [0.717, 1.165) is 30.6 Å². The predicted molar refractivity (Wildman–Crippen MR) is 81.9 cm³/mol. The molecular formula is C17H17N3O. The van der Waals surface area contributed by atoms with Gasteiger partial charge in [0.1, 0.15) is 11.9 Å². The molecule has 1 fully saturated rings. The molecule has 0 spiro atoms. The maximum Gasteiger partial charge on any atom is 0.144 e. The van der Waals surface area contributed by atoms with Gasteiger partial charge in [-0.3, -0.25) is 0 Å². The van der Waals surface area contributed by atoms with Gasteiger partial charge in [-0.1, -0.05) is 30.3 Å². The molecule has 1 aromatic heterocycles. The van der Waals surface area contributed by atoms with Gasteiger partial charge in [-0.15, -0.1) is 0 Å². The van der Waals surface area contributed by atoms with E-state index in [-0.39, 0.29) is 6.10 Å². The smallest absolute Gasteiger partial charge is 0.144 e. The van der Waals surface area contributed by atoms with Gasteiger partial charge in [0, 0.05) is 24.9 Å². The summed E-state index contributed by atoms with van der Waals surface area (Å²) < 4.78 is 5.57. The maximum absolute atomic E-state index is 9.32. The van der Waals surface area contributed by atoms with E-state index in [4.69, 9.17) is 4.74 Å². The highest BCUT2D eigenvalue weighted by Crippen LogP contribution is 2.23. The van der Waals surface area contributed by atoms with Crippen LogP contribution in [0, 0.1) is 11.3 Å². The SMILES string of the molecule is N#Cc1cc(-c2ccccc2)cnc1NCC1CCCO1. The van der Waals surface area contributed by atoms with Crippen LogP contribution < -0.4 is 5.32 Å². The van der Waals surface area contributed by atoms with Crippen molar-refractivity contribution in [3.05, 3.63) is 48.2 Å². The van der Waals surface area contributed by atoms with Crippen molar-refractivity contribution in [1.82, 2.24) is 4.98 Å². The van der Waals surface area contributed by atoms with Crippen LogP contribution in [0.25, 0.3) is 11.1 Å². The predicted octanol–water partition coefficient (Wildman–Crippen LogP) is 3.21. The Morgan fingerprint density at radius 3 is 2.86 bits per heavy atom. The summed E-state index contributed by atoms with van der Waals surface area (Å²) in [6, 6.07) is 14.0. The van der Waals surface area contributed by atoms with Crippen LogP contribution in [-0.2, 0) is 4.74 Å². The molecule has 1 atom stereocenters. The zero-order valence-corrected chi connectivity index (χ0v) is 11.7. The van der Waals surface area contributed by atoms with E-state index >= 15 is 0 Å². The van der Waals surface area contributed by atoms with Crippen LogP contribution in [0.2, 0.25) is 0 Å². The summed E-state index contributed by atoms with van der Waals surface area (Å²) in [6.07, 6.45) is 4.20. The van der Waals surface area contributed by atoms with E-state index in [1.165, 1.54) is 0 Å². The van der Waals surface area contributed by atoms with Gasteiger partial charge in [0.2, 0.25) is 0 Å². The Bertz CT molecular complexity index is 643. The number of pyridine rings is 1. The molecule has 4 nitrogen and oxygen atoms in total. The Labute approximate surface area is 124 Å². The van der Waals surface area contributed by atoms with Gasteiger partial charge in [0.15, 0.2) is 0 Å².